The summed E-state index contributed by atoms with van der Waals surface area (Å²) in [4.78, 5) is 41.5. The Bertz CT molecular complexity index is 1190. The first-order valence-electron chi connectivity index (χ1n) is 16.6. The van der Waals surface area contributed by atoms with Crippen molar-refractivity contribution in [1.29, 1.82) is 0 Å². The van der Waals surface area contributed by atoms with Crippen LogP contribution in [0.3, 0.4) is 0 Å². The molecule has 0 unspecified atom stereocenters. The smallest absolute Gasteiger partial charge is 0.407 e. The molecule has 246 valence electrons. The number of carbonyl (C=O) groups is 3. The zero-order valence-corrected chi connectivity index (χ0v) is 26.8. The van der Waals surface area contributed by atoms with Crippen LogP contribution in [0.2, 0.25) is 0 Å². The molecule has 0 aromatic carbocycles. The van der Waals surface area contributed by atoms with E-state index in [4.69, 9.17) is 14.2 Å². The molecule has 0 radical (unpaired) electrons. The quantitative estimate of drug-likeness (QED) is 0.301. The van der Waals surface area contributed by atoms with Gasteiger partial charge in [0, 0.05) is 76.4 Å². The van der Waals surface area contributed by atoms with Gasteiger partial charge >= 0.3 is 18.0 Å². The third kappa shape index (κ3) is 5.25. The summed E-state index contributed by atoms with van der Waals surface area (Å²) in [6.45, 7) is 11.2. The number of esters is 2. The van der Waals surface area contributed by atoms with Gasteiger partial charge in [-0.25, -0.2) is 9.59 Å². The lowest BCUT2D eigenvalue weighted by molar-refractivity contribution is -0.254. The highest BCUT2D eigenvalue weighted by Crippen LogP contribution is 2.71. The van der Waals surface area contributed by atoms with Crippen LogP contribution < -0.4 is 5.32 Å². The van der Waals surface area contributed by atoms with Crippen molar-refractivity contribution in [2.75, 3.05) is 52.9 Å². The Morgan fingerprint density at radius 3 is 2.39 bits per heavy atom. The summed E-state index contributed by atoms with van der Waals surface area (Å²) in [6, 6.07) is 0. The number of ether oxygens (including phenoxy) is 3. The van der Waals surface area contributed by atoms with Crippen molar-refractivity contribution in [1.82, 2.24) is 15.1 Å². The number of nitrogens with one attached hydrogen (secondary N) is 1. The molecule has 4 saturated carbocycles. The van der Waals surface area contributed by atoms with E-state index in [1.807, 2.05) is 0 Å². The number of piperazine rings is 1. The van der Waals surface area contributed by atoms with Crippen LogP contribution >= 0.6 is 0 Å². The van der Waals surface area contributed by atoms with Crippen LogP contribution in [0.4, 0.5) is 4.79 Å². The van der Waals surface area contributed by atoms with Crippen molar-refractivity contribution in [2.24, 2.45) is 28.6 Å². The molecule has 1 amide bonds. The molecule has 44 heavy (non-hydrogen) atoms. The molecule has 0 spiro atoms. The topological polar surface area (TPSA) is 138 Å². The van der Waals surface area contributed by atoms with E-state index < -0.39 is 46.2 Å². The van der Waals surface area contributed by atoms with Gasteiger partial charge < -0.3 is 34.6 Å². The van der Waals surface area contributed by atoms with Gasteiger partial charge in [-0.2, -0.15) is 0 Å². The number of likely N-dealkylation sites (N-methyl/N-ethyl adjacent to an activating group) is 1. The standard InChI is InChI=1S/C33H51N3O8/c1-21(37)43-26-19-33(41)25-7-10-32(40)18-23(44-29(39)34-11-12-36-15-13-35(4)14-16-36)5-8-30(32,2)24(25)6-9-31(33,3)28(26)22-17-27(38)42-20-22/h17,23-26,28,40-41H,5-16,18-20H2,1-4H3,(H,34,39)/t23-,24-,25+,26-,28-,30+,31+,32-,33-/m0/s1. The minimum atomic E-state index is -1.13. The van der Waals surface area contributed by atoms with Crippen LogP contribution in [-0.2, 0) is 23.8 Å². The van der Waals surface area contributed by atoms with E-state index in [9.17, 15) is 24.6 Å². The number of fused-ring (bicyclic) bond motifs is 5. The lowest BCUT2D eigenvalue weighted by Crippen LogP contribution is -2.67. The van der Waals surface area contributed by atoms with Gasteiger partial charge in [0.05, 0.1) is 11.2 Å². The fraction of sp³-hybridized carbons (Fsp3) is 0.848. The normalized spacial score (nSPS) is 44.1. The Labute approximate surface area is 260 Å². The highest BCUT2D eigenvalue weighted by atomic mass is 16.6. The first-order chi connectivity index (χ1) is 20.8. The van der Waals surface area contributed by atoms with E-state index in [-0.39, 0.29) is 30.5 Å². The summed E-state index contributed by atoms with van der Waals surface area (Å²) in [5.41, 5.74) is -2.42. The van der Waals surface area contributed by atoms with Crippen LogP contribution in [0.5, 0.6) is 0 Å². The minimum Gasteiger partial charge on any atom is -0.462 e. The maximum Gasteiger partial charge on any atom is 0.407 e. The Balaban J connectivity index is 1.13. The number of rotatable bonds is 6. The van der Waals surface area contributed by atoms with E-state index in [1.54, 1.807) is 0 Å². The Kier molecular flexibility index (Phi) is 8.33. The molecule has 0 aromatic heterocycles. The molecule has 6 rings (SSSR count). The molecule has 0 bridgehead atoms. The van der Waals surface area contributed by atoms with Gasteiger partial charge in [0.25, 0.3) is 0 Å². The number of carbonyl (C=O) groups excluding carboxylic acids is 3. The van der Waals surface area contributed by atoms with E-state index >= 15 is 0 Å². The molecule has 2 aliphatic heterocycles. The summed E-state index contributed by atoms with van der Waals surface area (Å²) >= 11 is 0. The highest BCUT2D eigenvalue weighted by Gasteiger charge is 2.72. The number of cyclic esters (lactones) is 1. The van der Waals surface area contributed by atoms with Crippen LogP contribution in [0, 0.1) is 28.6 Å². The van der Waals surface area contributed by atoms with Crippen molar-refractivity contribution in [3.63, 3.8) is 0 Å². The average molecular weight is 618 g/mol. The van der Waals surface area contributed by atoms with Crippen LogP contribution in [0.25, 0.3) is 0 Å². The lowest BCUT2D eigenvalue weighted by Gasteiger charge is -2.66. The molecule has 5 fully saturated rings. The molecule has 0 aromatic rings. The number of hydrogen-bond acceptors (Lipinski definition) is 10. The van der Waals surface area contributed by atoms with Gasteiger partial charge in [-0.05, 0) is 68.4 Å². The predicted octanol–water partition coefficient (Wildman–Crippen LogP) is 2.24. The van der Waals surface area contributed by atoms with Gasteiger partial charge in [-0.15, -0.1) is 0 Å². The van der Waals surface area contributed by atoms with E-state index in [2.05, 4.69) is 36.0 Å². The monoisotopic (exact) mass is 617 g/mol. The molecular weight excluding hydrogens is 566 g/mol. The lowest BCUT2D eigenvalue weighted by atomic mass is 9.42. The average Bonchev–Trinajstić information content (AvgIpc) is 3.46. The number of alkyl carbamates (subject to hydrolysis) is 1. The molecular formula is C33H51N3O8. The molecule has 1 saturated heterocycles. The van der Waals surface area contributed by atoms with Gasteiger partial charge in [0.15, 0.2) is 0 Å². The fourth-order valence-electron chi connectivity index (χ4n) is 10.4. The summed E-state index contributed by atoms with van der Waals surface area (Å²) in [5.74, 6) is -1.14. The van der Waals surface area contributed by atoms with Crippen molar-refractivity contribution >= 4 is 18.0 Å². The van der Waals surface area contributed by atoms with Gasteiger partial charge in [-0.3, -0.25) is 9.69 Å². The third-order valence-corrected chi connectivity index (χ3v) is 12.9. The summed E-state index contributed by atoms with van der Waals surface area (Å²) in [6.07, 6.45) is 4.84. The summed E-state index contributed by atoms with van der Waals surface area (Å²) < 4.78 is 16.9. The second-order valence-corrected chi connectivity index (χ2v) is 15.1. The molecule has 2 heterocycles. The minimum absolute atomic E-state index is 0.0601. The largest absolute Gasteiger partial charge is 0.462 e. The second-order valence-electron chi connectivity index (χ2n) is 15.1. The van der Waals surface area contributed by atoms with Crippen molar-refractivity contribution in [2.45, 2.75) is 95.5 Å². The van der Waals surface area contributed by atoms with Crippen molar-refractivity contribution in [3.8, 4) is 0 Å². The van der Waals surface area contributed by atoms with Crippen LogP contribution in [0.1, 0.15) is 72.1 Å². The first-order valence-corrected chi connectivity index (χ1v) is 16.6. The van der Waals surface area contributed by atoms with E-state index in [0.717, 1.165) is 44.7 Å². The molecule has 6 aliphatic rings. The maximum absolute atomic E-state index is 12.7. The molecule has 11 nitrogen and oxygen atoms in total. The second kappa shape index (κ2) is 11.5. The SMILES string of the molecule is CC(=O)O[C@H]1C[C@]2(O)[C@@H]3CC[C@]4(O)C[C@@H](OC(=O)NCCN5CCN(C)CC5)CC[C@]4(C)[C@H]3CC[C@]2(C)[C@H]1C1=CC(=O)OC1. The number of nitrogens with zero attached hydrogens (tertiary/aromatic N) is 2. The molecule has 3 N–H and O–H groups in total. The Morgan fingerprint density at radius 2 is 1.70 bits per heavy atom. The van der Waals surface area contributed by atoms with Gasteiger partial charge in [0.2, 0.25) is 0 Å². The van der Waals surface area contributed by atoms with Crippen molar-refractivity contribution < 1.29 is 38.8 Å². The van der Waals surface area contributed by atoms with Crippen LogP contribution in [-0.4, -0.2) is 114 Å². The van der Waals surface area contributed by atoms with E-state index in [0.29, 0.717) is 51.5 Å². The summed E-state index contributed by atoms with van der Waals surface area (Å²) in [5, 5.41) is 27.8. The zero-order chi connectivity index (χ0) is 31.5. The Hall–Kier alpha value is -2.21. The number of hydrogen-bond donors (Lipinski definition) is 3. The fourth-order valence-corrected chi connectivity index (χ4v) is 10.4. The van der Waals surface area contributed by atoms with Crippen LogP contribution in [0.15, 0.2) is 11.6 Å². The van der Waals surface area contributed by atoms with Gasteiger partial charge in [0.1, 0.15) is 18.8 Å². The highest BCUT2D eigenvalue weighted by molar-refractivity contribution is 5.85. The van der Waals surface area contributed by atoms with E-state index in [1.165, 1.54) is 13.0 Å². The summed E-state index contributed by atoms with van der Waals surface area (Å²) in [7, 11) is 2.12. The molecule has 11 heteroatoms. The Morgan fingerprint density at radius 1 is 1.00 bits per heavy atom. The first kappa shape index (κ1) is 31.8. The van der Waals surface area contributed by atoms with Gasteiger partial charge in [-0.1, -0.05) is 13.8 Å². The predicted molar refractivity (Wildman–Crippen MR) is 160 cm³/mol. The number of amides is 1. The zero-order valence-electron chi connectivity index (χ0n) is 26.8. The molecule has 9 atom stereocenters. The molecule has 4 aliphatic carbocycles. The third-order valence-electron chi connectivity index (χ3n) is 12.9. The number of aliphatic hydroxyl groups is 2. The maximum atomic E-state index is 12.7. The van der Waals surface area contributed by atoms with Crippen molar-refractivity contribution in [3.05, 3.63) is 11.6 Å².